The van der Waals surface area contributed by atoms with Crippen molar-refractivity contribution in [2.45, 2.75) is 4.90 Å². The van der Waals surface area contributed by atoms with Crippen LogP contribution in [0.1, 0.15) is 31.8 Å². The fourth-order valence-electron chi connectivity index (χ4n) is 4.03. The van der Waals surface area contributed by atoms with Crippen LogP contribution < -0.4 is 11.1 Å². The van der Waals surface area contributed by atoms with Crippen molar-refractivity contribution >= 4 is 49.5 Å². The third kappa shape index (κ3) is 3.05. The third-order valence-corrected chi connectivity index (χ3v) is 6.40. The summed E-state index contributed by atoms with van der Waals surface area (Å²) in [5.74, 6) is -1.05. The number of nitrogens with two attached hydrogens (primary N) is 1. The maximum atomic E-state index is 13.3. The van der Waals surface area contributed by atoms with E-state index < -0.39 is 32.3 Å². The van der Waals surface area contributed by atoms with Crippen LogP contribution in [0.4, 0.5) is 17.1 Å². The van der Waals surface area contributed by atoms with Gasteiger partial charge in [-0.25, -0.2) is 0 Å². The lowest BCUT2D eigenvalue weighted by Gasteiger charge is -2.23. The number of benzene rings is 4. The van der Waals surface area contributed by atoms with Gasteiger partial charge < -0.3 is 11.1 Å². The summed E-state index contributed by atoms with van der Waals surface area (Å²) < 4.78 is 33.7. The second-order valence-electron chi connectivity index (χ2n) is 7.45. The van der Waals surface area contributed by atoms with Crippen molar-refractivity contribution in [1.82, 2.24) is 0 Å². The molecular weight excluding hydrogens is 428 g/mol. The molecular formula is C24H16N2O5S. The molecule has 32 heavy (non-hydrogen) atoms. The van der Waals surface area contributed by atoms with Crippen molar-refractivity contribution in [2.24, 2.45) is 0 Å². The van der Waals surface area contributed by atoms with Gasteiger partial charge in [0.05, 0.1) is 22.5 Å². The zero-order valence-corrected chi connectivity index (χ0v) is 17.3. The molecule has 0 unspecified atom stereocenters. The first-order chi connectivity index (χ1) is 15.3. The van der Waals surface area contributed by atoms with E-state index in [1.165, 1.54) is 12.1 Å². The first kappa shape index (κ1) is 19.9. The summed E-state index contributed by atoms with van der Waals surface area (Å²) in [5.41, 5.74) is 6.21. The number of carbonyl (C=O) groups is 2. The molecule has 4 N–H and O–H groups in total. The standard InChI is InChI=1S/C24H16N2O5S/c25-22-19(32(29,30)31)12-18(26-15-10-9-13-5-1-2-6-14(13)11-15)20-21(22)24(28)17-8-4-3-7-16(17)23(20)27/h1-12,26H,25H2,(H,29,30,31). The second-order valence-corrected chi connectivity index (χ2v) is 8.84. The maximum Gasteiger partial charge on any atom is 0.296 e. The lowest BCUT2D eigenvalue weighted by atomic mass is 9.82. The van der Waals surface area contributed by atoms with Crippen molar-refractivity contribution in [3.8, 4) is 0 Å². The van der Waals surface area contributed by atoms with E-state index in [2.05, 4.69) is 5.32 Å². The van der Waals surface area contributed by atoms with Gasteiger partial charge in [0.2, 0.25) is 0 Å². The van der Waals surface area contributed by atoms with Crippen molar-refractivity contribution < 1.29 is 22.6 Å². The molecule has 158 valence electrons. The Hall–Kier alpha value is -4.01. The Balaban J connectivity index is 1.77. The minimum Gasteiger partial charge on any atom is -0.397 e. The van der Waals surface area contributed by atoms with Gasteiger partial charge in [0.25, 0.3) is 10.1 Å². The highest BCUT2D eigenvalue weighted by Crippen LogP contribution is 2.40. The summed E-state index contributed by atoms with van der Waals surface area (Å²) >= 11 is 0. The van der Waals surface area contributed by atoms with E-state index in [0.717, 1.165) is 16.8 Å². The molecule has 0 aromatic heterocycles. The molecule has 0 aliphatic heterocycles. The van der Waals surface area contributed by atoms with E-state index >= 15 is 0 Å². The third-order valence-electron chi connectivity index (χ3n) is 5.51. The average molecular weight is 444 g/mol. The van der Waals surface area contributed by atoms with E-state index in [4.69, 9.17) is 5.73 Å². The zero-order chi connectivity index (χ0) is 22.6. The molecule has 1 aliphatic carbocycles. The highest BCUT2D eigenvalue weighted by molar-refractivity contribution is 7.86. The number of hydrogen-bond donors (Lipinski definition) is 3. The average Bonchev–Trinajstić information content (AvgIpc) is 2.77. The Labute approximate surface area is 183 Å². The predicted octanol–water partition coefficient (Wildman–Crippen LogP) is 4.19. The smallest absolute Gasteiger partial charge is 0.296 e. The SMILES string of the molecule is Nc1c(S(=O)(=O)O)cc(Nc2ccc3ccccc3c2)c2c1C(=O)c1ccccc1C2=O. The van der Waals surface area contributed by atoms with Gasteiger partial charge >= 0.3 is 0 Å². The quantitative estimate of drug-likeness (QED) is 0.281. The molecule has 0 atom stereocenters. The van der Waals surface area contributed by atoms with Gasteiger partial charge in [0, 0.05) is 16.8 Å². The van der Waals surface area contributed by atoms with Crippen LogP contribution in [0.15, 0.2) is 77.7 Å². The molecule has 0 fully saturated rings. The number of fused-ring (bicyclic) bond motifs is 3. The highest BCUT2D eigenvalue weighted by Gasteiger charge is 2.36. The van der Waals surface area contributed by atoms with Crippen molar-refractivity contribution in [3.05, 3.63) is 95.1 Å². The summed E-state index contributed by atoms with van der Waals surface area (Å²) in [5, 5.41) is 4.96. The number of hydrogen-bond acceptors (Lipinski definition) is 6. The predicted molar refractivity (Wildman–Crippen MR) is 121 cm³/mol. The normalized spacial score (nSPS) is 13.0. The molecule has 4 aromatic rings. The molecule has 0 saturated heterocycles. The van der Waals surface area contributed by atoms with Crippen LogP contribution in [-0.2, 0) is 10.1 Å². The van der Waals surface area contributed by atoms with E-state index in [-0.39, 0.29) is 27.9 Å². The minimum atomic E-state index is -4.76. The molecule has 5 rings (SSSR count). The van der Waals surface area contributed by atoms with E-state index in [1.54, 1.807) is 18.2 Å². The molecule has 7 nitrogen and oxygen atoms in total. The molecule has 8 heteroatoms. The number of carbonyl (C=O) groups excluding carboxylic acids is 2. The number of nitrogen functional groups attached to an aromatic ring is 1. The lowest BCUT2D eigenvalue weighted by molar-refractivity contribution is 0.0980. The highest BCUT2D eigenvalue weighted by atomic mass is 32.2. The van der Waals surface area contributed by atoms with Crippen LogP contribution in [0.3, 0.4) is 0 Å². The molecule has 0 heterocycles. The molecule has 1 aliphatic rings. The van der Waals surface area contributed by atoms with Gasteiger partial charge in [-0.2, -0.15) is 8.42 Å². The van der Waals surface area contributed by atoms with Gasteiger partial charge in [-0.05, 0) is 29.0 Å². The first-order valence-electron chi connectivity index (χ1n) is 9.64. The Morgan fingerprint density at radius 3 is 2.00 bits per heavy atom. The second kappa shape index (κ2) is 7.01. The molecule has 0 saturated carbocycles. The van der Waals surface area contributed by atoms with Gasteiger partial charge in [-0.3, -0.25) is 14.1 Å². The Bertz CT molecular complexity index is 1580. The number of anilines is 3. The minimum absolute atomic E-state index is 0.0354. The molecule has 0 spiro atoms. The van der Waals surface area contributed by atoms with Crippen LogP contribution in [0, 0.1) is 0 Å². The largest absolute Gasteiger partial charge is 0.397 e. The molecule has 0 amide bonds. The van der Waals surface area contributed by atoms with E-state index in [0.29, 0.717) is 5.69 Å². The Morgan fingerprint density at radius 1 is 0.750 bits per heavy atom. The summed E-state index contributed by atoms with van der Waals surface area (Å²) in [6.45, 7) is 0. The van der Waals surface area contributed by atoms with Crippen molar-refractivity contribution in [1.29, 1.82) is 0 Å². The van der Waals surface area contributed by atoms with Crippen LogP contribution in [0.2, 0.25) is 0 Å². The zero-order valence-electron chi connectivity index (χ0n) is 16.5. The number of rotatable bonds is 3. The molecule has 4 aromatic carbocycles. The summed E-state index contributed by atoms with van der Waals surface area (Å²) in [6, 6.07) is 20.4. The van der Waals surface area contributed by atoms with Crippen LogP contribution in [-0.4, -0.2) is 24.5 Å². The van der Waals surface area contributed by atoms with Gasteiger partial charge in [-0.1, -0.05) is 54.6 Å². The molecule has 0 radical (unpaired) electrons. The fourth-order valence-corrected chi connectivity index (χ4v) is 4.68. The van der Waals surface area contributed by atoms with Crippen molar-refractivity contribution in [3.63, 3.8) is 0 Å². The van der Waals surface area contributed by atoms with Crippen LogP contribution >= 0.6 is 0 Å². The summed E-state index contributed by atoms with van der Waals surface area (Å²) in [4.78, 5) is 25.9. The number of ketones is 2. The summed E-state index contributed by atoms with van der Waals surface area (Å²) in [6.07, 6.45) is 0. The summed E-state index contributed by atoms with van der Waals surface area (Å²) in [7, 11) is -4.76. The fraction of sp³-hybridized carbons (Fsp3) is 0. The number of nitrogens with one attached hydrogen (secondary N) is 1. The monoisotopic (exact) mass is 444 g/mol. The van der Waals surface area contributed by atoms with Crippen molar-refractivity contribution in [2.75, 3.05) is 11.1 Å². The van der Waals surface area contributed by atoms with Crippen LogP contribution in [0.25, 0.3) is 10.8 Å². The van der Waals surface area contributed by atoms with Crippen LogP contribution in [0.5, 0.6) is 0 Å². The van der Waals surface area contributed by atoms with E-state index in [9.17, 15) is 22.6 Å². The van der Waals surface area contributed by atoms with Gasteiger partial charge in [-0.15, -0.1) is 0 Å². The maximum absolute atomic E-state index is 13.3. The first-order valence-corrected chi connectivity index (χ1v) is 11.1. The molecule has 0 bridgehead atoms. The Morgan fingerprint density at radius 2 is 1.34 bits per heavy atom. The van der Waals surface area contributed by atoms with Gasteiger partial charge in [0.1, 0.15) is 4.90 Å². The van der Waals surface area contributed by atoms with E-state index in [1.807, 2.05) is 36.4 Å². The topological polar surface area (TPSA) is 127 Å². The lowest BCUT2D eigenvalue weighted by Crippen LogP contribution is -2.25. The van der Waals surface area contributed by atoms with Gasteiger partial charge in [0.15, 0.2) is 11.6 Å². The Kier molecular flexibility index (Phi) is 4.37.